The minimum atomic E-state index is 0. The standard InChI is InChI=1S/C12H18.C11H22.C10H21N.C10H20.C7H16O.C6H12.3C6H14.C5H10O.C4H8O.7C2H6.3CH4/c1-12(2,3)10-9-11-7-5-4-6-8-11;1-11(2,3)9-10-7-5-4-6-8-10;1-10(2,3)9-11-7-5-4-6-8-11;1-10(2,3)8-9-6-4-5-7-9;1-7(2,3)5-6-8-4;1-2-4-6-5-3-1;3*1-5-6(2,3)4;1-2-4-6-5-3-1;1-2-4-5-3-1;7*1-2;;;/h4-8H,9-10H2,1-3H3;10H,4-9H2,1-3H3;4-9H2,1-3H3;9H,4-8H2,1-3H3;5-6H2,1-4H3;1-6H2;3*5H2,1-4H3;1-5H2;1-4H2;7*1-2H3;3*1H4. The summed E-state index contributed by atoms with van der Waals surface area (Å²) < 4.78 is 14.9. The lowest BCUT2D eigenvalue weighted by molar-refractivity contribution is 0.0968. The molecule has 0 bridgehead atoms. The normalized spacial score (nSPS) is 15.4. The van der Waals surface area contributed by atoms with E-state index in [9.17, 15) is 0 Å². The fourth-order valence-corrected chi connectivity index (χ4v) is 9.96. The van der Waals surface area contributed by atoms with Gasteiger partial charge in [0.1, 0.15) is 0 Å². The Kier molecular flexibility index (Phi) is 121. The highest BCUT2D eigenvalue weighted by Gasteiger charge is 2.22. The summed E-state index contributed by atoms with van der Waals surface area (Å²) in [4.78, 5) is 2.60. The zero-order valence-electron chi connectivity index (χ0n) is 79.8. The summed E-state index contributed by atoms with van der Waals surface area (Å²) in [7, 11) is 1.74. The van der Waals surface area contributed by atoms with Gasteiger partial charge >= 0.3 is 0 Å². The Morgan fingerprint density at radius 2 is 0.558 bits per heavy atom. The first-order chi connectivity index (χ1) is 47.1. The van der Waals surface area contributed by atoms with Gasteiger partial charge in [0.2, 0.25) is 0 Å². The van der Waals surface area contributed by atoms with Crippen LogP contribution in [0.15, 0.2) is 30.3 Å². The maximum Gasteiger partial charge on any atom is 0.0467 e. The van der Waals surface area contributed by atoms with E-state index in [1.165, 1.54) is 218 Å². The molecule has 0 unspecified atom stereocenters. The highest BCUT2D eigenvalue weighted by Crippen LogP contribution is 2.36. The van der Waals surface area contributed by atoms with Gasteiger partial charge in [0.15, 0.2) is 0 Å². The van der Waals surface area contributed by atoms with Crippen LogP contribution in [0.5, 0.6) is 0 Å². The molecule has 6 fully saturated rings. The third-order valence-corrected chi connectivity index (χ3v) is 16.8. The van der Waals surface area contributed by atoms with Crippen LogP contribution in [-0.4, -0.2) is 64.7 Å². The van der Waals surface area contributed by atoms with Gasteiger partial charge in [0.05, 0.1) is 0 Å². The number of aryl methyl sites for hydroxylation is 1. The van der Waals surface area contributed by atoms with E-state index in [0.717, 1.165) is 51.3 Å². The second-order valence-electron chi connectivity index (χ2n) is 36.8. The number of rotatable bonds is 7. The van der Waals surface area contributed by atoms with E-state index >= 15 is 0 Å². The first-order valence-corrected chi connectivity index (χ1v) is 44.5. The molecule has 0 N–H and O–H groups in total. The molecule has 3 saturated heterocycles. The second-order valence-corrected chi connectivity index (χ2v) is 36.8. The van der Waals surface area contributed by atoms with E-state index in [0.29, 0.717) is 43.3 Å². The monoisotopic (exact) mass is 1490 g/mol. The number of nitrogens with zero attached hydrogens (tertiary/aromatic N) is 1. The first-order valence-electron chi connectivity index (χ1n) is 44.5. The Morgan fingerprint density at radius 3 is 0.760 bits per heavy atom. The van der Waals surface area contributed by atoms with Crippen molar-refractivity contribution in [2.24, 2.45) is 55.2 Å². The quantitative estimate of drug-likeness (QED) is 0.272. The molecular weight excluding hydrogens is 1260 g/mol. The predicted molar refractivity (Wildman–Crippen MR) is 498 cm³/mol. The summed E-state index contributed by atoms with van der Waals surface area (Å²) >= 11 is 0. The van der Waals surface area contributed by atoms with E-state index in [1.807, 2.05) is 96.9 Å². The molecule has 3 aliphatic carbocycles. The Morgan fingerprint density at radius 1 is 0.317 bits per heavy atom. The Bertz CT molecular complexity index is 1410. The average Bonchev–Trinajstić information content (AvgIpc) is 1.33. The van der Waals surface area contributed by atoms with Crippen molar-refractivity contribution in [2.45, 2.75) is 505 Å². The average molecular weight is 1490 g/mol. The summed E-state index contributed by atoms with van der Waals surface area (Å²) in [6.45, 7) is 98.2. The molecule has 3 heterocycles. The molecule has 3 aliphatic heterocycles. The molecule has 1 aromatic carbocycles. The van der Waals surface area contributed by atoms with Crippen molar-refractivity contribution in [2.75, 3.05) is 59.8 Å². The van der Waals surface area contributed by atoms with E-state index in [1.54, 1.807) is 7.11 Å². The zero-order valence-corrected chi connectivity index (χ0v) is 79.8. The van der Waals surface area contributed by atoms with Gasteiger partial charge in [-0.05, 0) is 151 Å². The third-order valence-electron chi connectivity index (χ3n) is 16.8. The smallest absolute Gasteiger partial charge is 0.0467 e. The maximum atomic E-state index is 5.07. The predicted octanol–water partition coefficient (Wildman–Crippen LogP) is 36.6. The van der Waals surface area contributed by atoms with Crippen molar-refractivity contribution in [3.8, 4) is 0 Å². The van der Waals surface area contributed by atoms with Crippen LogP contribution in [0.1, 0.15) is 504 Å². The zero-order chi connectivity index (χ0) is 81.5. The number of piperidine rings is 1. The maximum absolute atomic E-state index is 5.07. The van der Waals surface area contributed by atoms with Gasteiger partial charge in [-0.15, -0.1) is 0 Å². The van der Waals surface area contributed by atoms with E-state index in [4.69, 9.17) is 14.2 Å². The molecule has 104 heavy (non-hydrogen) atoms. The lowest BCUT2D eigenvalue weighted by Crippen LogP contribution is -2.36. The molecule has 0 aromatic heterocycles. The minimum absolute atomic E-state index is 0. The van der Waals surface area contributed by atoms with Crippen LogP contribution in [0, 0.1) is 55.2 Å². The highest BCUT2D eigenvalue weighted by atomic mass is 16.5. The van der Waals surface area contributed by atoms with Crippen molar-refractivity contribution in [1.82, 2.24) is 4.90 Å². The van der Waals surface area contributed by atoms with Gasteiger partial charge in [-0.2, -0.15) is 0 Å². The van der Waals surface area contributed by atoms with E-state index < -0.39 is 0 Å². The summed E-state index contributed by atoms with van der Waals surface area (Å²) in [6, 6.07) is 10.7. The number of methoxy groups -OCH3 is 1. The number of hydrogen-bond donors (Lipinski definition) is 0. The lowest BCUT2D eigenvalue weighted by Gasteiger charge is -2.32. The molecule has 7 rings (SSSR count). The molecule has 0 amide bonds. The summed E-state index contributed by atoms with van der Waals surface area (Å²) in [5.74, 6) is 2.10. The van der Waals surface area contributed by atoms with Crippen LogP contribution in [0.3, 0.4) is 0 Å². The first kappa shape index (κ1) is 135. The van der Waals surface area contributed by atoms with Gasteiger partial charge in [0, 0.05) is 46.7 Å². The van der Waals surface area contributed by atoms with Crippen molar-refractivity contribution in [3.05, 3.63) is 35.9 Å². The number of benzene rings is 1. The van der Waals surface area contributed by atoms with Crippen LogP contribution < -0.4 is 0 Å². The Hall–Kier alpha value is -0.940. The minimum Gasteiger partial charge on any atom is -0.385 e. The van der Waals surface area contributed by atoms with Gasteiger partial charge in [0.25, 0.3) is 0 Å². The molecule has 0 radical (unpaired) electrons. The fraction of sp³-hybridized carbons (Fsp3) is 0.940. The topological polar surface area (TPSA) is 30.9 Å². The number of likely N-dealkylation sites (tertiary alicyclic amines) is 1. The van der Waals surface area contributed by atoms with Crippen LogP contribution in [0.25, 0.3) is 0 Å². The van der Waals surface area contributed by atoms with E-state index in [2.05, 4.69) is 222 Å². The van der Waals surface area contributed by atoms with Gasteiger partial charge in [-0.1, -0.05) is 458 Å². The number of hydrogen-bond acceptors (Lipinski definition) is 4. The Labute approximate surface area is 671 Å². The van der Waals surface area contributed by atoms with Crippen molar-refractivity contribution < 1.29 is 14.2 Å². The molecule has 1 aromatic rings. The summed E-state index contributed by atoms with van der Waals surface area (Å²) in [5, 5.41) is 0. The van der Waals surface area contributed by atoms with Gasteiger partial charge in [-0.3, -0.25) is 0 Å². The molecule has 4 heteroatoms. The lowest BCUT2D eigenvalue weighted by atomic mass is 9.78. The molecule has 0 spiro atoms. The highest BCUT2D eigenvalue weighted by molar-refractivity contribution is 5.14. The van der Waals surface area contributed by atoms with Gasteiger partial charge in [-0.25, -0.2) is 0 Å². The Balaban J connectivity index is -0.0000000706. The number of ether oxygens (including phenoxy) is 3. The van der Waals surface area contributed by atoms with Crippen LogP contribution in [-0.2, 0) is 20.6 Å². The van der Waals surface area contributed by atoms with E-state index in [-0.39, 0.29) is 22.3 Å². The molecule has 3 saturated carbocycles. The van der Waals surface area contributed by atoms with Crippen molar-refractivity contribution >= 4 is 0 Å². The molecule has 646 valence electrons. The largest absolute Gasteiger partial charge is 0.385 e. The van der Waals surface area contributed by atoms with Crippen LogP contribution in [0.4, 0.5) is 0 Å². The summed E-state index contributed by atoms with van der Waals surface area (Å²) in [5.41, 5.74) is 5.56. The SMILES string of the molecule is C.C.C.C1CCCCC1.C1CCOC1.C1CCOCC1.CC.CC.CC.CC.CC.CC.CC.CC(C)(C)CC1CCCC1.CC(C)(C)CC1CCCCC1.CC(C)(C)CCc1ccccc1.CC(C)(C)CN1CCCCC1.CCC(C)(C)C.CCC(C)(C)C.CCC(C)(C)C.COCCC(C)(C)C. The summed E-state index contributed by atoms with van der Waals surface area (Å²) in [6.07, 6.45) is 43.5. The molecular formula is C100H223NO3. The van der Waals surface area contributed by atoms with Crippen LogP contribution >= 0.6 is 0 Å². The van der Waals surface area contributed by atoms with Crippen LogP contribution in [0.2, 0.25) is 0 Å². The van der Waals surface area contributed by atoms with Crippen molar-refractivity contribution in [3.63, 3.8) is 0 Å². The third kappa shape index (κ3) is 150. The molecule has 6 aliphatic rings. The van der Waals surface area contributed by atoms with Gasteiger partial charge < -0.3 is 19.1 Å². The second kappa shape index (κ2) is 92.7. The molecule has 0 atom stereocenters. The molecule has 4 nitrogen and oxygen atoms in total. The fourth-order valence-electron chi connectivity index (χ4n) is 9.96. The van der Waals surface area contributed by atoms with Crippen molar-refractivity contribution in [1.29, 1.82) is 0 Å².